The molecule has 0 saturated carbocycles. The Hall–Kier alpha value is -2.37. The van der Waals surface area contributed by atoms with Crippen molar-refractivity contribution >= 4 is 17.3 Å². The van der Waals surface area contributed by atoms with E-state index in [1.165, 1.54) is 11.1 Å². The molecule has 1 fully saturated rings. The first-order valence-corrected chi connectivity index (χ1v) is 10.2. The van der Waals surface area contributed by atoms with Crippen LogP contribution < -0.4 is 10.6 Å². The summed E-state index contributed by atoms with van der Waals surface area (Å²) in [7, 11) is 0. The van der Waals surface area contributed by atoms with Gasteiger partial charge in [-0.15, -0.1) is 0 Å². The van der Waals surface area contributed by atoms with Crippen molar-refractivity contribution in [2.24, 2.45) is 0 Å². The molecule has 0 radical (unpaired) electrons. The van der Waals surface area contributed by atoms with Gasteiger partial charge in [-0.25, -0.2) is 0 Å². The molecule has 1 heterocycles. The number of carbonyl (C=O) groups is 1. The van der Waals surface area contributed by atoms with Crippen LogP contribution in [0.3, 0.4) is 0 Å². The molecule has 28 heavy (non-hydrogen) atoms. The Kier molecular flexibility index (Phi) is 7.46. The summed E-state index contributed by atoms with van der Waals surface area (Å²) >= 11 is 0. The topological polar surface area (TPSA) is 53.6 Å². The van der Waals surface area contributed by atoms with Gasteiger partial charge in [0.05, 0.1) is 24.5 Å². The van der Waals surface area contributed by atoms with Crippen molar-refractivity contribution in [1.29, 1.82) is 0 Å². The molecule has 2 aromatic rings. The quantitative estimate of drug-likeness (QED) is 0.681. The maximum atomic E-state index is 12.7. The lowest BCUT2D eigenvalue weighted by Gasteiger charge is -2.26. The molecule has 150 valence electrons. The monoisotopic (exact) mass is 381 g/mol. The zero-order valence-electron chi connectivity index (χ0n) is 17.0. The van der Waals surface area contributed by atoms with E-state index in [0.717, 1.165) is 57.1 Å². The number of aryl methyl sites for hydroxylation is 1. The summed E-state index contributed by atoms with van der Waals surface area (Å²) in [4.78, 5) is 15.1. The van der Waals surface area contributed by atoms with Gasteiger partial charge >= 0.3 is 0 Å². The summed E-state index contributed by atoms with van der Waals surface area (Å²) in [6.45, 7) is 9.66. The second-order valence-electron chi connectivity index (χ2n) is 7.34. The molecule has 3 rings (SSSR count). The van der Waals surface area contributed by atoms with E-state index in [1.54, 1.807) is 0 Å². The minimum atomic E-state index is -0.0280. The van der Waals surface area contributed by atoms with Gasteiger partial charge < -0.3 is 15.4 Å². The van der Waals surface area contributed by atoms with E-state index in [9.17, 15) is 4.79 Å². The number of para-hydroxylation sites is 1. The minimum absolute atomic E-state index is 0.0280. The predicted octanol–water partition coefficient (Wildman–Crippen LogP) is 3.89. The van der Waals surface area contributed by atoms with Crippen LogP contribution in [0.25, 0.3) is 0 Å². The number of hydrogen-bond donors (Lipinski definition) is 2. The fourth-order valence-electron chi connectivity index (χ4n) is 3.40. The first-order valence-electron chi connectivity index (χ1n) is 10.2. The number of rotatable bonds is 8. The Labute approximate surface area is 168 Å². The normalized spacial score (nSPS) is 14.6. The number of benzene rings is 2. The zero-order valence-corrected chi connectivity index (χ0v) is 17.0. The molecule has 1 aliphatic rings. The molecular formula is C23H31N3O2. The van der Waals surface area contributed by atoms with Gasteiger partial charge in [0.15, 0.2) is 0 Å². The van der Waals surface area contributed by atoms with E-state index in [4.69, 9.17) is 4.74 Å². The van der Waals surface area contributed by atoms with Crippen molar-refractivity contribution in [3.05, 3.63) is 59.2 Å². The number of anilines is 2. The second-order valence-corrected chi connectivity index (χ2v) is 7.34. The van der Waals surface area contributed by atoms with Crippen LogP contribution >= 0.6 is 0 Å². The molecule has 5 heteroatoms. The maximum absolute atomic E-state index is 12.7. The van der Waals surface area contributed by atoms with Crippen molar-refractivity contribution in [3.63, 3.8) is 0 Å². The molecule has 2 aromatic carbocycles. The largest absolute Gasteiger partial charge is 0.379 e. The van der Waals surface area contributed by atoms with Crippen molar-refractivity contribution in [2.45, 2.75) is 26.7 Å². The number of amides is 1. The summed E-state index contributed by atoms with van der Waals surface area (Å²) in [5, 5.41) is 6.49. The number of unbranched alkanes of at least 4 members (excludes halogenated alkanes) is 1. The Morgan fingerprint density at radius 3 is 2.57 bits per heavy atom. The number of morpholine rings is 1. The molecule has 0 aromatic heterocycles. The van der Waals surface area contributed by atoms with E-state index in [-0.39, 0.29) is 5.91 Å². The molecule has 0 spiro atoms. The van der Waals surface area contributed by atoms with Crippen molar-refractivity contribution in [2.75, 3.05) is 44.7 Å². The summed E-state index contributed by atoms with van der Waals surface area (Å²) < 4.78 is 5.37. The molecule has 1 saturated heterocycles. The summed E-state index contributed by atoms with van der Waals surface area (Å²) in [5.41, 5.74) is 4.97. The number of carbonyl (C=O) groups excluding carboxylic acids is 1. The summed E-state index contributed by atoms with van der Waals surface area (Å²) in [6, 6.07) is 13.8. The molecule has 0 bridgehead atoms. The van der Waals surface area contributed by atoms with Gasteiger partial charge in [0.25, 0.3) is 5.91 Å². The van der Waals surface area contributed by atoms with E-state index in [1.807, 2.05) is 36.4 Å². The molecule has 2 N–H and O–H groups in total. The Morgan fingerprint density at radius 1 is 1.00 bits per heavy atom. The third kappa shape index (κ3) is 5.57. The summed E-state index contributed by atoms with van der Waals surface area (Å²) in [5.74, 6) is -0.0280. The number of nitrogens with one attached hydrogen (secondary N) is 2. The van der Waals surface area contributed by atoms with Crippen LogP contribution in [0, 0.1) is 13.8 Å². The lowest BCUT2D eigenvalue weighted by atomic mass is 10.1. The SMILES string of the molecule is Cc1cccc(Nc2ccccc2C(=O)NCCCCN2CCOCC2)c1C. The highest BCUT2D eigenvalue weighted by Gasteiger charge is 2.12. The van der Waals surface area contributed by atoms with Crippen LogP contribution in [0.2, 0.25) is 0 Å². The fourth-order valence-corrected chi connectivity index (χ4v) is 3.40. The fraction of sp³-hybridized carbons (Fsp3) is 0.435. The Bertz CT molecular complexity index is 785. The average molecular weight is 382 g/mol. The molecule has 0 aliphatic carbocycles. The van der Waals surface area contributed by atoms with Crippen LogP contribution in [0.4, 0.5) is 11.4 Å². The Balaban J connectivity index is 1.51. The zero-order chi connectivity index (χ0) is 19.8. The second kappa shape index (κ2) is 10.2. The van der Waals surface area contributed by atoms with Crippen LogP contribution in [-0.4, -0.2) is 50.2 Å². The first kappa shape index (κ1) is 20.4. The standard InChI is InChI=1S/C23H31N3O2/c1-18-8-7-11-21(19(18)2)25-22-10-4-3-9-20(22)23(27)24-12-5-6-13-26-14-16-28-17-15-26/h3-4,7-11,25H,5-6,12-17H2,1-2H3,(H,24,27). The number of hydrogen-bond acceptors (Lipinski definition) is 4. The number of nitrogens with zero attached hydrogens (tertiary/aromatic N) is 1. The third-order valence-electron chi connectivity index (χ3n) is 5.34. The molecule has 1 amide bonds. The third-order valence-corrected chi connectivity index (χ3v) is 5.34. The van der Waals surface area contributed by atoms with E-state index in [0.29, 0.717) is 12.1 Å². The lowest BCUT2D eigenvalue weighted by molar-refractivity contribution is 0.0372. The predicted molar refractivity (Wildman–Crippen MR) is 114 cm³/mol. The van der Waals surface area contributed by atoms with Gasteiger partial charge in [0.2, 0.25) is 0 Å². The highest BCUT2D eigenvalue weighted by atomic mass is 16.5. The first-order chi connectivity index (χ1) is 13.6. The molecule has 0 atom stereocenters. The van der Waals surface area contributed by atoms with E-state index >= 15 is 0 Å². The van der Waals surface area contributed by atoms with Crippen molar-refractivity contribution < 1.29 is 9.53 Å². The Morgan fingerprint density at radius 2 is 1.75 bits per heavy atom. The molecule has 5 nitrogen and oxygen atoms in total. The van der Waals surface area contributed by atoms with Crippen molar-refractivity contribution in [1.82, 2.24) is 10.2 Å². The van der Waals surface area contributed by atoms with Gasteiger partial charge in [-0.05, 0) is 62.6 Å². The van der Waals surface area contributed by atoms with Crippen molar-refractivity contribution in [3.8, 4) is 0 Å². The number of ether oxygens (including phenoxy) is 1. The van der Waals surface area contributed by atoms with Crippen LogP contribution in [-0.2, 0) is 4.74 Å². The highest BCUT2D eigenvalue weighted by Crippen LogP contribution is 2.25. The lowest BCUT2D eigenvalue weighted by Crippen LogP contribution is -2.37. The van der Waals surface area contributed by atoms with Crippen LogP contribution in [0.15, 0.2) is 42.5 Å². The van der Waals surface area contributed by atoms with E-state index < -0.39 is 0 Å². The molecule has 0 unspecified atom stereocenters. The molecule has 1 aliphatic heterocycles. The minimum Gasteiger partial charge on any atom is -0.379 e. The molecular weight excluding hydrogens is 350 g/mol. The smallest absolute Gasteiger partial charge is 0.253 e. The average Bonchev–Trinajstić information content (AvgIpc) is 2.72. The van der Waals surface area contributed by atoms with Crippen LogP contribution in [0.5, 0.6) is 0 Å². The van der Waals surface area contributed by atoms with Gasteiger partial charge in [-0.3, -0.25) is 9.69 Å². The highest BCUT2D eigenvalue weighted by molar-refractivity contribution is 6.00. The van der Waals surface area contributed by atoms with Gasteiger partial charge in [0.1, 0.15) is 0 Å². The van der Waals surface area contributed by atoms with Gasteiger partial charge in [-0.2, -0.15) is 0 Å². The van der Waals surface area contributed by atoms with Gasteiger partial charge in [0, 0.05) is 25.3 Å². The van der Waals surface area contributed by atoms with Gasteiger partial charge in [-0.1, -0.05) is 24.3 Å². The van der Waals surface area contributed by atoms with E-state index in [2.05, 4.69) is 35.4 Å². The summed E-state index contributed by atoms with van der Waals surface area (Å²) in [6.07, 6.45) is 2.07. The maximum Gasteiger partial charge on any atom is 0.253 e. The van der Waals surface area contributed by atoms with Crippen LogP contribution in [0.1, 0.15) is 34.3 Å².